The zero-order valence-electron chi connectivity index (χ0n) is 8.72. The molecule has 0 aliphatic carbocycles. The van der Waals surface area contributed by atoms with E-state index in [9.17, 15) is 4.79 Å². The maximum absolute atomic E-state index is 11.4. The fraction of sp³-hybridized carbons (Fsp3) is 0.250. The van der Waals surface area contributed by atoms with Gasteiger partial charge in [-0.3, -0.25) is 4.79 Å². The smallest absolute Gasteiger partial charge is 0.244 e. The zero-order valence-corrected chi connectivity index (χ0v) is 8.72. The molecule has 1 amide bonds. The number of benzene rings is 1. The van der Waals surface area contributed by atoms with Gasteiger partial charge < -0.3 is 15.2 Å². The van der Waals surface area contributed by atoms with E-state index in [2.05, 4.69) is 5.32 Å². The first-order valence-corrected chi connectivity index (χ1v) is 5.09. The lowest BCUT2D eigenvalue weighted by atomic mass is 10.2. The van der Waals surface area contributed by atoms with Crippen LogP contribution in [0.5, 0.6) is 5.75 Å². The standard InChI is InChI=1S/C12H13NO3/c14-11-4-1-9(2-5-11)3-6-12(15)13-10-7-16-8-10/h1-6,10,14H,7-8H2,(H,13,15). The molecular formula is C12H13NO3. The van der Waals surface area contributed by atoms with Crippen LogP contribution in [0.15, 0.2) is 30.3 Å². The Hall–Kier alpha value is -1.81. The molecule has 1 aliphatic heterocycles. The van der Waals surface area contributed by atoms with Crippen LogP contribution in [-0.4, -0.2) is 30.3 Å². The molecule has 1 fully saturated rings. The highest BCUT2D eigenvalue weighted by Crippen LogP contribution is 2.10. The van der Waals surface area contributed by atoms with Gasteiger partial charge in [-0.05, 0) is 23.8 Å². The number of ether oxygens (including phenoxy) is 1. The van der Waals surface area contributed by atoms with Crippen molar-refractivity contribution in [2.24, 2.45) is 0 Å². The summed E-state index contributed by atoms with van der Waals surface area (Å²) in [6.45, 7) is 1.19. The molecule has 16 heavy (non-hydrogen) atoms. The summed E-state index contributed by atoms with van der Waals surface area (Å²) in [6.07, 6.45) is 3.18. The van der Waals surface area contributed by atoms with Gasteiger partial charge in [0.2, 0.25) is 5.91 Å². The van der Waals surface area contributed by atoms with E-state index in [1.165, 1.54) is 6.08 Å². The minimum Gasteiger partial charge on any atom is -0.508 e. The molecule has 1 heterocycles. The first-order valence-electron chi connectivity index (χ1n) is 5.09. The summed E-state index contributed by atoms with van der Waals surface area (Å²) in [7, 11) is 0. The summed E-state index contributed by atoms with van der Waals surface area (Å²) in [6, 6.07) is 6.79. The fourth-order valence-corrected chi connectivity index (χ4v) is 1.33. The van der Waals surface area contributed by atoms with Crippen molar-refractivity contribution in [1.82, 2.24) is 5.32 Å². The predicted molar refractivity (Wildman–Crippen MR) is 59.9 cm³/mol. The number of phenols is 1. The molecule has 1 aromatic carbocycles. The summed E-state index contributed by atoms with van der Waals surface area (Å²) in [5, 5.41) is 11.9. The Morgan fingerprint density at radius 2 is 2.06 bits per heavy atom. The van der Waals surface area contributed by atoms with Crippen LogP contribution in [0.4, 0.5) is 0 Å². The molecule has 0 unspecified atom stereocenters. The van der Waals surface area contributed by atoms with E-state index in [0.717, 1.165) is 5.56 Å². The summed E-state index contributed by atoms with van der Waals surface area (Å²) >= 11 is 0. The van der Waals surface area contributed by atoms with Crippen molar-refractivity contribution < 1.29 is 14.6 Å². The Morgan fingerprint density at radius 1 is 1.38 bits per heavy atom. The van der Waals surface area contributed by atoms with Crippen LogP contribution < -0.4 is 5.32 Å². The van der Waals surface area contributed by atoms with Gasteiger partial charge in [0, 0.05) is 6.08 Å². The highest BCUT2D eigenvalue weighted by Gasteiger charge is 2.18. The number of amides is 1. The van der Waals surface area contributed by atoms with Crippen molar-refractivity contribution in [2.75, 3.05) is 13.2 Å². The van der Waals surface area contributed by atoms with Gasteiger partial charge in [0.15, 0.2) is 0 Å². The third-order valence-electron chi connectivity index (χ3n) is 2.30. The number of hydrogen-bond donors (Lipinski definition) is 2. The largest absolute Gasteiger partial charge is 0.508 e. The van der Waals surface area contributed by atoms with E-state index >= 15 is 0 Å². The predicted octanol–water partition coefficient (Wildman–Crippen LogP) is 0.920. The molecule has 1 saturated heterocycles. The summed E-state index contributed by atoms with van der Waals surface area (Å²) in [5.41, 5.74) is 0.873. The van der Waals surface area contributed by atoms with E-state index in [4.69, 9.17) is 9.84 Å². The minimum atomic E-state index is -0.124. The third kappa shape index (κ3) is 2.84. The molecule has 1 aliphatic rings. The normalized spacial score (nSPS) is 16.0. The van der Waals surface area contributed by atoms with E-state index in [1.807, 2.05) is 0 Å². The number of phenolic OH excluding ortho intramolecular Hbond substituents is 1. The maximum Gasteiger partial charge on any atom is 0.244 e. The number of carbonyl (C=O) groups is 1. The Labute approximate surface area is 93.5 Å². The Morgan fingerprint density at radius 3 is 2.62 bits per heavy atom. The zero-order chi connectivity index (χ0) is 11.4. The number of carbonyl (C=O) groups excluding carboxylic acids is 1. The van der Waals surface area contributed by atoms with Gasteiger partial charge in [0.1, 0.15) is 5.75 Å². The van der Waals surface area contributed by atoms with Gasteiger partial charge in [0.05, 0.1) is 19.3 Å². The summed E-state index contributed by atoms with van der Waals surface area (Å²) in [5.74, 6) is 0.0922. The Balaban J connectivity index is 1.87. The highest BCUT2D eigenvalue weighted by molar-refractivity contribution is 5.91. The quantitative estimate of drug-likeness (QED) is 0.743. The average Bonchev–Trinajstić information content (AvgIpc) is 2.23. The van der Waals surface area contributed by atoms with Gasteiger partial charge in [-0.25, -0.2) is 0 Å². The molecule has 0 saturated carbocycles. The molecule has 4 heteroatoms. The molecule has 4 nitrogen and oxygen atoms in total. The number of rotatable bonds is 3. The Bertz CT molecular complexity index is 393. The van der Waals surface area contributed by atoms with Gasteiger partial charge in [-0.2, -0.15) is 0 Å². The molecule has 0 radical (unpaired) electrons. The molecule has 0 spiro atoms. The molecule has 0 bridgehead atoms. The number of nitrogens with one attached hydrogen (secondary N) is 1. The second-order valence-corrected chi connectivity index (χ2v) is 3.67. The van der Waals surface area contributed by atoms with Crippen molar-refractivity contribution >= 4 is 12.0 Å². The lowest BCUT2D eigenvalue weighted by Crippen LogP contribution is -2.48. The molecule has 2 rings (SSSR count). The van der Waals surface area contributed by atoms with Crippen molar-refractivity contribution in [3.63, 3.8) is 0 Å². The van der Waals surface area contributed by atoms with Crippen molar-refractivity contribution in [3.05, 3.63) is 35.9 Å². The molecule has 0 aromatic heterocycles. The Kier molecular flexibility index (Phi) is 3.22. The highest BCUT2D eigenvalue weighted by atomic mass is 16.5. The molecule has 2 N–H and O–H groups in total. The topological polar surface area (TPSA) is 58.6 Å². The van der Waals surface area contributed by atoms with Gasteiger partial charge in [-0.15, -0.1) is 0 Å². The summed E-state index contributed by atoms with van der Waals surface area (Å²) in [4.78, 5) is 11.4. The van der Waals surface area contributed by atoms with Crippen LogP contribution in [0, 0.1) is 0 Å². The maximum atomic E-state index is 11.4. The lowest BCUT2D eigenvalue weighted by Gasteiger charge is -2.26. The van der Waals surface area contributed by atoms with Gasteiger partial charge >= 0.3 is 0 Å². The molecule has 84 valence electrons. The first kappa shape index (κ1) is 10.7. The average molecular weight is 219 g/mol. The minimum absolute atomic E-state index is 0.124. The molecule has 0 atom stereocenters. The lowest BCUT2D eigenvalue weighted by molar-refractivity contribution is -0.120. The van der Waals surface area contributed by atoms with E-state index in [0.29, 0.717) is 13.2 Å². The first-order chi connectivity index (χ1) is 7.74. The van der Waals surface area contributed by atoms with Crippen LogP contribution >= 0.6 is 0 Å². The summed E-state index contributed by atoms with van der Waals surface area (Å²) < 4.78 is 4.95. The molecule has 1 aromatic rings. The van der Waals surface area contributed by atoms with Crippen molar-refractivity contribution in [2.45, 2.75) is 6.04 Å². The number of aromatic hydroxyl groups is 1. The fourth-order valence-electron chi connectivity index (χ4n) is 1.33. The third-order valence-corrected chi connectivity index (χ3v) is 2.30. The van der Waals surface area contributed by atoms with Crippen LogP contribution in [0.2, 0.25) is 0 Å². The second kappa shape index (κ2) is 4.81. The van der Waals surface area contributed by atoms with Crippen LogP contribution in [0.1, 0.15) is 5.56 Å². The molecular weight excluding hydrogens is 206 g/mol. The van der Waals surface area contributed by atoms with Crippen LogP contribution in [0.3, 0.4) is 0 Å². The SMILES string of the molecule is O=C(C=Cc1ccc(O)cc1)NC1COC1. The van der Waals surface area contributed by atoms with E-state index in [-0.39, 0.29) is 17.7 Å². The van der Waals surface area contributed by atoms with Crippen molar-refractivity contribution in [1.29, 1.82) is 0 Å². The van der Waals surface area contributed by atoms with Gasteiger partial charge in [-0.1, -0.05) is 12.1 Å². The van der Waals surface area contributed by atoms with Crippen LogP contribution in [0.25, 0.3) is 6.08 Å². The second-order valence-electron chi connectivity index (χ2n) is 3.67. The van der Waals surface area contributed by atoms with Crippen molar-refractivity contribution in [3.8, 4) is 5.75 Å². The van der Waals surface area contributed by atoms with Crippen LogP contribution in [-0.2, 0) is 9.53 Å². The number of hydrogen-bond acceptors (Lipinski definition) is 3. The van der Waals surface area contributed by atoms with E-state index < -0.39 is 0 Å². The van der Waals surface area contributed by atoms with E-state index in [1.54, 1.807) is 30.3 Å². The monoisotopic (exact) mass is 219 g/mol. The van der Waals surface area contributed by atoms with Gasteiger partial charge in [0.25, 0.3) is 0 Å².